The van der Waals surface area contributed by atoms with E-state index in [1.165, 1.54) is 29.5 Å². The van der Waals surface area contributed by atoms with Crippen LogP contribution in [-0.2, 0) is 6.54 Å². The van der Waals surface area contributed by atoms with Crippen molar-refractivity contribution in [3.8, 4) is 0 Å². The van der Waals surface area contributed by atoms with Gasteiger partial charge in [-0.1, -0.05) is 0 Å². The highest BCUT2D eigenvalue weighted by atomic mass is 79.9. The Morgan fingerprint density at radius 1 is 1.55 bits per heavy atom. The Morgan fingerprint density at radius 2 is 2.30 bits per heavy atom. The highest BCUT2D eigenvalue weighted by molar-refractivity contribution is 9.10. The number of nitro benzene ring substituents is 1. The number of aryl methyl sites for hydroxylation is 1. The number of non-ortho nitro benzene ring substituents is 1. The van der Waals surface area contributed by atoms with E-state index in [-0.39, 0.29) is 23.7 Å². The summed E-state index contributed by atoms with van der Waals surface area (Å²) in [6.07, 6.45) is 0. The number of halogens is 1. The summed E-state index contributed by atoms with van der Waals surface area (Å²) in [6.45, 7) is 2.17. The Morgan fingerprint density at radius 3 is 2.90 bits per heavy atom. The van der Waals surface area contributed by atoms with E-state index in [1.807, 2.05) is 12.3 Å². The van der Waals surface area contributed by atoms with Crippen LogP contribution < -0.4 is 5.32 Å². The quantitative estimate of drug-likeness (QED) is 0.674. The molecule has 6 nitrogen and oxygen atoms in total. The van der Waals surface area contributed by atoms with Crippen LogP contribution in [0.2, 0.25) is 0 Å². The summed E-state index contributed by atoms with van der Waals surface area (Å²) in [7, 11) is 0. The van der Waals surface area contributed by atoms with E-state index < -0.39 is 4.92 Å². The average Bonchev–Trinajstić information content (AvgIpc) is 2.82. The molecule has 8 heteroatoms. The summed E-state index contributed by atoms with van der Waals surface area (Å²) < 4.78 is 0.509. The lowest BCUT2D eigenvalue weighted by Gasteiger charge is -2.05. The molecule has 0 atom stereocenters. The maximum absolute atomic E-state index is 12.0. The second-order valence-electron chi connectivity index (χ2n) is 3.96. The van der Waals surface area contributed by atoms with Crippen molar-refractivity contribution in [3.63, 3.8) is 0 Å². The fraction of sp³-hybridized carbons (Fsp3) is 0.167. The number of amides is 1. The second-order valence-corrected chi connectivity index (χ2v) is 5.88. The number of rotatable bonds is 4. The molecule has 2 rings (SSSR count). The zero-order valence-electron chi connectivity index (χ0n) is 10.4. The molecule has 0 bridgehead atoms. The number of carbonyl (C=O) groups excluding carboxylic acids is 1. The molecule has 2 aromatic rings. The predicted octanol–water partition coefficient (Wildman–Crippen LogP) is 3.05. The topological polar surface area (TPSA) is 85.1 Å². The van der Waals surface area contributed by atoms with Crippen molar-refractivity contribution >= 4 is 38.9 Å². The number of benzene rings is 1. The minimum atomic E-state index is -0.535. The van der Waals surface area contributed by atoms with Crippen LogP contribution in [0.15, 0.2) is 28.1 Å². The van der Waals surface area contributed by atoms with Crippen LogP contribution in [0, 0.1) is 17.0 Å². The van der Waals surface area contributed by atoms with Crippen LogP contribution in [0.4, 0.5) is 5.69 Å². The number of nitro groups is 1. The molecule has 1 heterocycles. The largest absolute Gasteiger partial charge is 0.346 e. The number of nitrogens with zero attached hydrogens (tertiary/aromatic N) is 2. The lowest BCUT2D eigenvalue weighted by atomic mass is 10.2. The molecule has 0 saturated carbocycles. The molecule has 0 aliphatic rings. The highest BCUT2D eigenvalue weighted by Gasteiger charge is 2.15. The lowest BCUT2D eigenvalue weighted by Crippen LogP contribution is -2.23. The summed E-state index contributed by atoms with van der Waals surface area (Å²) in [6, 6.07) is 4.07. The molecule has 0 saturated heterocycles. The molecular formula is C12H10BrN3O3S. The fourth-order valence-corrected chi connectivity index (χ4v) is 2.60. The maximum atomic E-state index is 12.0. The van der Waals surface area contributed by atoms with Gasteiger partial charge in [0, 0.05) is 22.0 Å². The molecular weight excluding hydrogens is 346 g/mol. The first-order valence-corrected chi connectivity index (χ1v) is 7.28. The number of hydrogen-bond acceptors (Lipinski definition) is 5. The minimum Gasteiger partial charge on any atom is -0.346 e. The third-order valence-corrected chi connectivity index (χ3v) is 4.02. The third-order valence-electron chi connectivity index (χ3n) is 2.50. The Kier molecular flexibility index (Phi) is 4.46. The summed E-state index contributed by atoms with van der Waals surface area (Å²) in [5, 5.41) is 16.2. The number of carbonyl (C=O) groups is 1. The van der Waals surface area contributed by atoms with Crippen molar-refractivity contribution in [2.24, 2.45) is 0 Å². The van der Waals surface area contributed by atoms with Crippen LogP contribution in [0.25, 0.3) is 0 Å². The fourth-order valence-electron chi connectivity index (χ4n) is 1.56. The van der Waals surface area contributed by atoms with E-state index in [1.54, 1.807) is 0 Å². The van der Waals surface area contributed by atoms with Gasteiger partial charge in [-0.2, -0.15) is 0 Å². The smallest absolute Gasteiger partial charge is 0.270 e. The molecule has 1 aromatic heterocycles. The second kappa shape index (κ2) is 6.10. The minimum absolute atomic E-state index is 0.122. The molecule has 0 fully saturated rings. The zero-order chi connectivity index (χ0) is 14.7. The van der Waals surface area contributed by atoms with E-state index in [4.69, 9.17) is 0 Å². The highest BCUT2D eigenvalue weighted by Crippen LogP contribution is 2.22. The molecule has 0 unspecified atom stereocenters. The Bertz CT molecular complexity index is 672. The van der Waals surface area contributed by atoms with Gasteiger partial charge in [-0.3, -0.25) is 14.9 Å². The van der Waals surface area contributed by atoms with Crippen LogP contribution in [0.5, 0.6) is 0 Å². The predicted molar refractivity (Wildman–Crippen MR) is 78.8 cm³/mol. The van der Waals surface area contributed by atoms with E-state index in [0.29, 0.717) is 4.47 Å². The first kappa shape index (κ1) is 14.6. The average molecular weight is 356 g/mol. The van der Waals surface area contributed by atoms with Crippen molar-refractivity contribution in [3.05, 3.63) is 54.4 Å². The Labute approximate surface area is 127 Å². The van der Waals surface area contributed by atoms with Crippen LogP contribution in [0.1, 0.15) is 21.1 Å². The van der Waals surface area contributed by atoms with Gasteiger partial charge in [0.15, 0.2) is 0 Å². The van der Waals surface area contributed by atoms with Crippen molar-refractivity contribution in [2.75, 3.05) is 0 Å². The first-order valence-electron chi connectivity index (χ1n) is 5.60. The first-order chi connectivity index (χ1) is 9.47. The van der Waals surface area contributed by atoms with Gasteiger partial charge < -0.3 is 5.32 Å². The molecule has 1 N–H and O–H groups in total. The van der Waals surface area contributed by atoms with Crippen LogP contribution in [-0.4, -0.2) is 15.8 Å². The van der Waals surface area contributed by atoms with Gasteiger partial charge >= 0.3 is 0 Å². The van der Waals surface area contributed by atoms with Crippen molar-refractivity contribution < 1.29 is 9.72 Å². The Hall–Kier alpha value is -1.80. The van der Waals surface area contributed by atoms with Crippen LogP contribution in [0.3, 0.4) is 0 Å². The number of thiazole rings is 1. The van der Waals surface area contributed by atoms with Crippen LogP contribution >= 0.6 is 27.3 Å². The molecule has 0 spiro atoms. The number of hydrogen-bond donors (Lipinski definition) is 1. The standard InChI is InChI=1S/C12H10BrN3O3S/c1-7-15-8(6-20-7)5-14-12(17)10-4-9(16(18)19)2-3-11(10)13/h2-4,6H,5H2,1H3,(H,14,17). The van der Waals surface area contributed by atoms with Gasteiger partial charge in [0.2, 0.25) is 0 Å². The van der Waals surface area contributed by atoms with Crippen molar-refractivity contribution in [1.29, 1.82) is 0 Å². The molecule has 1 amide bonds. The lowest BCUT2D eigenvalue weighted by molar-refractivity contribution is -0.384. The summed E-state index contributed by atoms with van der Waals surface area (Å²) in [5.41, 5.74) is 0.872. The molecule has 0 radical (unpaired) electrons. The van der Waals surface area contributed by atoms with E-state index >= 15 is 0 Å². The zero-order valence-corrected chi connectivity index (χ0v) is 12.8. The van der Waals surface area contributed by atoms with Gasteiger partial charge in [-0.05, 0) is 28.9 Å². The molecule has 1 aromatic carbocycles. The molecule has 104 valence electrons. The van der Waals surface area contributed by atoms with E-state index in [2.05, 4.69) is 26.2 Å². The summed E-state index contributed by atoms with van der Waals surface area (Å²) in [5.74, 6) is -0.383. The molecule has 0 aliphatic carbocycles. The number of nitrogens with one attached hydrogen (secondary N) is 1. The van der Waals surface area contributed by atoms with E-state index in [9.17, 15) is 14.9 Å². The third kappa shape index (κ3) is 3.40. The SMILES string of the molecule is Cc1nc(CNC(=O)c2cc([N+](=O)[O-])ccc2Br)cs1. The van der Waals surface area contributed by atoms with Crippen molar-refractivity contribution in [2.45, 2.75) is 13.5 Å². The Balaban J connectivity index is 2.12. The monoisotopic (exact) mass is 355 g/mol. The van der Waals surface area contributed by atoms with Crippen molar-refractivity contribution in [1.82, 2.24) is 10.3 Å². The normalized spacial score (nSPS) is 10.3. The van der Waals surface area contributed by atoms with Gasteiger partial charge in [0.1, 0.15) is 0 Å². The molecule has 0 aliphatic heterocycles. The van der Waals surface area contributed by atoms with Gasteiger partial charge in [-0.15, -0.1) is 11.3 Å². The van der Waals surface area contributed by atoms with Gasteiger partial charge in [0.25, 0.3) is 11.6 Å². The maximum Gasteiger partial charge on any atom is 0.270 e. The summed E-state index contributed by atoms with van der Waals surface area (Å²) >= 11 is 4.71. The molecule has 20 heavy (non-hydrogen) atoms. The number of aromatic nitrogens is 1. The van der Waals surface area contributed by atoms with Gasteiger partial charge in [0.05, 0.1) is 27.7 Å². The summed E-state index contributed by atoms with van der Waals surface area (Å²) in [4.78, 5) is 26.4. The van der Waals surface area contributed by atoms with Gasteiger partial charge in [-0.25, -0.2) is 4.98 Å². The van der Waals surface area contributed by atoms with E-state index in [0.717, 1.165) is 10.7 Å².